The third-order valence-electron chi connectivity index (χ3n) is 4.49. The zero-order valence-electron chi connectivity index (χ0n) is 16.6. The smallest absolute Gasteiger partial charge is 0.266 e. The highest BCUT2D eigenvalue weighted by Gasteiger charge is 2.22. The normalized spacial score (nSPS) is 10.9. The van der Waals surface area contributed by atoms with Crippen molar-refractivity contribution >= 4 is 17.2 Å². The molecule has 0 spiro atoms. The first-order valence-electron chi connectivity index (χ1n) is 9.44. The van der Waals surface area contributed by atoms with E-state index in [1.54, 1.807) is 31.6 Å². The van der Waals surface area contributed by atoms with E-state index in [1.165, 1.54) is 23.5 Å². The molecule has 0 aliphatic heterocycles. The zero-order chi connectivity index (χ0) is 20.6. The molecule has 0 saturated carbocycles. The van der Waals surface area contributed by atoms with Crippen LogP contribution >= 0.6 is 11.3 Å². The minimum atomic E-state index is -0.261. The summed E-state index contributed by atoms with van der Waals surface area (Å²) in [5.74, 6) is -0.291. The first-order chi connectivity index (χ1) is 14.1. The molecular formula is C22H24FN3O2S. The van der Waals surface area contributed by atoms with Gasteiger partial charge in [-0.05, 0) is 48.7 Å². The summed E-state index contributed by atoms with van der Waals surface area (Å²) in [7, 11) is 1.66. The average molecular weight is 414 g/mol. The number of benzene rings is 1. The van der Waals surface area contributed by atoms with Gasteiger partial charge in [0.15, 0.2) is 0 Å². The average Bonchev–Trinajstić information content (AvgIpc) is 3.09. The summed E-state index contributed by atoms with van der Waals surface area (Å²) >= 11 is 1.41. The van der Waals surface area contributed by atoms with E-state index in [9.17, 15) is 9.18 Å². The van der Waals surface area contributed by atoms with Crippen LogP contribution in [0.3, 0.4) is 0 Å². The molecule has 2 heterocycles. The number of carbonyl (C=O) groups excluding carboxylic acids is 1. The third-order valence-corrected chi connectivity index (χ3v) is 5.64. The number of aromatic nitrogens is 2. The molecule has 1 aromatic carbocycles. The van der Waals surface area contributed by atoms with Crippen molar-refractivity contribution in [2.24, 2.45) is 0 Å². The van der Waals surface area contributed by atoms with Crippen molar-refractivity contribution in [2.45, 2.75) is 26.3 Å². The van der Waals surface area contributed by atoms with E-state index in [4.69, 9.17) is 4.74 Å². The summed E-state index contributed by atoms with van der Waals surface area (Å²) in [5, 5.41) is 0.846. The van der Waals surface area contributed by atoms with Crippen LogP contribution in [0.5, 0.6) is 0 Å². The van der Waals surface area contributed by atoms with Crippen molar-refractivity contribution in [3.05, 3.63) is 81.3 Å². The molecule has 3 rings (SSSR count). The summed E-state index contributed by atoms with van der Waals surface area (Å²) in [6, 6.07) is 10.2. The van der Waals surface area contributed by atoms with Crippen LogP contribution in [0.2, 0.25) is 0 Å². The molecule has 5 nitrogen and oxygen atoms in total. The second-order valence-electron chi connectivity index (χ2n) is 6.75. The Kier molecular flexibility index (Phi) is 7.43. The van der Waals surface area contributed by atoms with Gasteiger partial charge in [-0.25, -0.2) is 9.37 Å². The van der Waals surface area contributed by atoms with Gasteiger partial charge in [0, 0.05) is 45.6 Å². The maximum atomic E-state index is 13.3. The van der Waals surface area contributed by atoms with Crippen molar-refractivity contribution in [3.8, 4) is 0 Å². The molecule has 0 radical (unpaired) electrons. The Bertz CT molecular complexity index is 929. The lowest BCUT2D eigenvalue weighted by Gasteiger charge is -2.22. The number of pyridine rings is 1. The SMILES string of the molecule is COCCCN(Cc1ccncc1)C(=O)c1sc(Cc2ccc(F)cc2)nc1C. The number of amides is 1. The molecule has 0 N–H and O–H groups in total. The summed E-state index contributed by atoms with van der Waals surface area (Å²) in [4.78, 5) is 24.4. The minimum Gasteiger partial charge on any atom is -0.385 e. The van der Waals surface area contributed by atoms with Gasteiger partial charge < -0.3 is 9.64 Å². The number of hydrogen-bond acceptors (Lipinski definition) is 5. The van der Waals surface area contributed by atoms with Crippen LogP contribution in [0, 0.1) is 12.7 Å². The van der Waals surface area contributed by atoms with E-state index in [0.717, 1.165) is 28.2 Å². The van der Waals surface area contributed by atoms with Gasteiger partial charge in [0.25, 0.3) is 5.91 Å². The first kappa shape index (κ1) is 21.1. The van der Waals surface area contributed by atoms with Crippen molar-refractivity contribution < 1.29 is 13.9 Å². The molecule has 2 aromatic heterocycles. The summed E-state index contributed by atoms with van der Waals surface area (Å²) in [6.07, 6.45) is 4.79. The summed E-state index contributed by atoms with van der Waals surface area (Å²) in [6.45, 7) is 3.56. The lowest BCUT2D eigenvalue weighted by atomic mass is 10.1. The fraction of sp³-hybridized carbons (Fsp3) is 0.318. The maximum Gasteiger partial charge on any atom is 0.266 e. The fourth-order valence-electron chi connectivity index (χ4n) is 3.01. The number of nitrogens with zero attached hydrogens (tertiary/aromatic N) is 3. The number of ether oxygens (including phenoxy) is 1. The quantitative estimate of drug-likeness (QED) is 0.492. The predicted molar refractivity (Wildman–Crippen MR) is 112 cm³/mol. The number of rotatable bonds is 9. The number of halogens is 1. The predicted octanol–water partition coefficient (Wildman–Crippen LogP) is 4.26. The van der Waals surface area contributed by atoms with Crippen LogP contribution in [0.4, 0.5) is 4.39 Å². The van der Waals surface area contributed by atoms with Gasteiger partial charge in [0.05, 0.1) is 10.7 Å². The van der Waals surface area contributed by atoms with Crippen molar-refractivity contribution in [3.63, 3.8) is 0 Å². The second kappa shape index (κ2) is 10.2. The standard InChI is InChI=1S/C22H24FN3O2S/c1-16-21(29-20(25-16)14-17-4-6-19(23)7-5-17)22(27)26(12-3-13-28-2)15-18-8-10-24-11-9-18/h4-11H,3,12-15H2,1-2H3. The zero-order valence-corrected chi connectivity index (χ0v) is 17.4. The van der Waals surface area contributed by atoms with Gasteiger partial charge in [-0.15, -0.1) is 11.3 Å². The maximum absolute atomic E-state index is 13.3. The molecule has 29 heavy (non-hydrogen) atoms. The lowest BCUT2D eigenvalue weighted by Crippen LogP contribution is -2.32. The van der Waals surface area contributed by atoms with Crippen molar-refractivity contribution in [1.29, 1.82) is 0 Å². The Morgan fingerprint density at radius 2 is 1.86 bits per heavy atom. The van der Waals surface area contributed by atoms with Crippen molar-refractivity contribution in [1.82, 2.24) is 14.9 Å². The Balaban J connectivity index is 1.77. The molecule has 0 aliphatic rings. The highest BCUT2D eigenvalue weighted by Crippen LogP contribution is 2.23. The van der Waals surface area contributed by atoms with E-state index in [2.05, 4.69) is 9.97 Å². The summed E-state index contributed by atoms with van der Waals surface area (Å²) in [5.41, 5.74) is 2.72. The molecule has 152 valence electrons. The largest absolute Gasteiger partial charge is 0.385 e. The van der Waals surface area contributed by atoms with Gasteiger partial charge in [0.2, 0.25) is 0 Å². The molecule has 0 bridgehead atoms. The van der Waals surface area contributed by atoms with Crippen LogP contribution in [-0.4, -0.2) is 41.0 Å². The van der Waals surface area contributed by atoms with E-state index in [-0.39, 0.29) is 11.7 Å². The minimum absolute atomic E-state index is 0.0294. The second-order valence-corrected chi connectivity index (χ2v) is 7.84. The molecule has 0 saturated heterocycles. The number of carbonyl (C=O) groups is 1. The molecule has 0 unspecified atom stereocenters. The number of methoxy groups -OCH3 is 1. The highest BCUT2D eigenvalue weighted by atomic mass is 32.1. The van der Waals surface area contributed by atoms with Gasteiger partial charge in [0.1, 0.15) is 10.7 Å². The molecular weight excluding hydrogens is 389 g/mol. The van der Waals surface area contributed by atoms with Gasteiger partial charge in [-0.1, -0.05) is 12.1 Å². The van der Waals surface area contributed by atoms with Crippen molar-refractivity contribution in [2.75, 3.05) is 20.3 Å². The molecule has 0 fully saturated rings. The topological polar surface area (TPSA) is 55.3 Å². The number of thiazole rings is 1. The highest BCUT2D eigenvalue weighted by molar-refractivity contribution is 7.13. The van der Waals surface area contributed by atoms with Crippen LogP contribution in [-0.2, 0) is 17.7 Å². The first-order valence-corrected chi connectivity index (χ1v) is 10.3. The van der Waals surface area contributed by atoms with E-state index in [1.807, 2.05) is 24.0 Å². The van der Waals surface area contributed by atoms with E-state index < -0.39 is 0 Å². The number of hydrogen-bond donors (Lipinski definition) is 0. The Morgan fingerprint density at radius 3 is 2.55 bits per heavy atom. The fourth-order valence-corrected chi connectivity index (χ4v) is 4.07. The Morgan fingerprint density at radius 1 is 1.14 bits per heavy atom. The molecule has 7 heteroatoms. The van der Waals surface area contributed by atoms with Crippen LogP contribution in [0.15, 0.2) is 48.8 Å². The third kappa shape index (κ3) is 5.92. The van der Waals surface area contributed by atoms with Gasteiger partial charge in [-0.3, -0.25) is 9.78 Å². The molecule has 1 amide bonds. The van der Waals surface area contributed by atoms with E-state index in [0.29, 0.717) is 31.0 Å². The molecule has 3 aromatic rings. The monoisotopic (exact) mass is 413 g/mol. The van der Waals surface area contributed by atoms with Crippen LogP contribution in [0.25, 0.3) is 0 Å². The van der Waals surface area contributed by atoms with Crippen LogP contribution < -0.4 is 0 Å². The Labute approximate surface area is 174 Å². The molecule has 0 aliphatic carbocycles. The van der Waals surface area contributed by atoms with E-state index >= 15 is 0 Å². The number of aryl methyl sites for hydroxylation is 1. The van der Waals surface area contributed by atoms with Crippen LogP contribution in [0.1, 0.15) is 37.9 Å². The molecule has 0 atom stereocenters. The lowest BCUT2D eigenvalue weighted by molar-refractivity contribution is 0.0727. The Hall–Kier alpha value is -2.64. The summed E-state index contributed by atoms with van der Waals surface area (Å²) < 4.78 is 18.3. The van der Waals surface area contributed by atoms with Gasteiger partial charge in [-0.2, -0.15) is 0 Å². The van der Waals surface area contributed by atoms with Gasteiger partial charge >= 0.3 is 0 Å².